The summed E-state index contributed by atoms with van der Waals surface area (Å²) >= 11 is 11.9. The topological polar surface area (TPSA) is 63.7 Å². The molecule has 2 aromatic carbocycles. The highest BCUT2D eigenvalue weighted by molar-refractivity contribution is 6.34. The first kappa shape index (κ1) is 20.3. The predicted molar refractivity (Wildman–Crippen MR) is 104 cm³/mol. The Morgan fingerprint density at radius 1 is 1.13 bits per heavy atom. The highest BCUT2D eigenvalue weighted by Gasteiger charge is 2.60. The number of hydrogen-bond acceptors (Lipinski definition) is 4. The number of nitriles is 1. The lowest BCUT2D eigenvalue weighted by atomic mass is 9.86. The number of hydrogen-bond donors (Lipinski definition) is 0. The Labute approximate surface area is 178 Å². The third-order valence-corrected chi connectivity index (χ3v) is 5.22. The molecular weight excluding hydrogens is 440 g/mol. The first-order chi connectivity index (χ1) is 14.2. The molecule has 0 bridgehead atoms. The zero-order valence-corrected chi connectivity index (χ0v) is 16.5. The van der Waals surface area contributed by atoms with E-state index in [4.69, 9.17) is 27.9 Å². The molecule has 4 rings (SSSR count). The molecule has 30 heavy (non-hydrogen) atoms. The molecule has 0 N–H and O–H groups in total. The molecule has 0 saturated carbocycles. The zero-order chi connectivity index (χ0) is 21.5. The Morgan fingerprint density at radius 2 is 1.87 bits per heavy atom. The van der Waals surface area contributed by atoms with E-state index in [0.717, 1.165) is 6.26 Å². The molecule has 0 amide bonds. The van der Waals surface area contributed by atoms with Crippen molar-refractivity contribution in [2.45, 2.75) is 18.2 Å². The molecule has 0 spiro atoms. The first-order valence-corrected chi connectivity index (χ1v) is 9.29. The third-order valence-electron chi connectivity index (χ3n) is 4.78. The van der Waals surface area contributed by atoms with Crippen LogP contribution < -0.4 is 0 Å². The molecule has 1 aliphatic rings. The SMILES string of the molecule is N#Cc1cc(C2=COC(c3cc(Cl)cc(Cl)c3)(C(F)(F)F)C2)ccc1-n1cncn1. The second-order valence-corrected chi connectivity index (χ2v) is 7.48. The van der Waals surface area contributed by atoms with Gasteiger partial charge >= 0.3 is 6.18 Å². The van der Waals surface area contributed by atoms with Gasteiger partial charge in [0.1, 0.15) is 18.7 Å². The van der Waals surface area contributed by atoms with Crippen molar-refractivity contribution in [3.8, 4) is 11.8 Å². The number of alkyl halides is 3. The minimum Gasteiger partial charge on any atom is -0.480 e. The molecule has 0 fully saturated rings. The fraction of sp³-hybridized carbons (Fsp3) is 0.150. The van der Waals surface area contributed by atoms with E-state index in [9.17, 15) is 18.4 Å². The summed E-state index contributed by atoms with van der Waals surface area (Å²) in [5.74, 6) is 0. The van der Waals surface area contributed by atoms with Crippen LogP contribution in [0, 0.1) is 11.3 Å². The van der Waals surface area contributed by atoms with Gasteiger partial charge < -0.3 is 4.74 Å². The second-order valence-electron chi connectivity index (χ2n) is 6.60. The van der Waals surface area contributed by atoms with Gasteiger partial charge in [0.15, 0.2) is 0 Å². The van der Waals surface area contributed by atoms with E-state index >= 15 is 0 Å². The largest absolute Gasteiger partial charge is 0.480 e. The summed E-state index contributed by atoms with van der Waals surface area (Å²) < 4.78 is 49.0. The van der Waals surface area contributed by atoms with Crippen molar-refractivity contribution >= 4 is 28.8 Å². The highest BCUT2D eigenvalue weighted by atomic mass is 35.5. The summed E-state index contributed by atoms with van der Waals surface area (Å²) in [5, 5.41) is 13.6. The van der Waals surface area contributed by atoms with Gasteiger partial charge in [-0.1, -0.05) is 29.3 Å². The third kappa shape index (κ3) is 3.40. The van der Waals surface area contributed by atoms with Gasteiger partial charge in [-0.3, -0.25) is 0 Å². The highest BCUT2D eigenvalue weighted by Crippen LogP contribution is 2.52. The number of ether oxygens (including phenoxy) is 1. The second kappa shape index (κ2) is 7.35. The Kier molecular flexibility index (Phi) is 4.96. The van der Waals surface area contributed by atoms with Crippen LogP contribution in [0.15, 0.2) is 55.3 Å². The van der Waals surface area contributed by atoms with Gasteiger partial charge in [-0.15, -0.1) is 0 Å². The molecule has 1 unspecified atom stereocenters. The van der Waals surface area contributed by atoms with Crippen LogP contribution in [0.1, 0.15) is 23.1 Å². The summed E-state index contributed by atoms with van der Waals surface area (Å²) in [7, 11) is 0. The van der Waals surface area contributed by atoms with Crippen LogP contribution in [0.5, 0.6) is 0 Å². The van der Waals surface area contributed by atoms with E-state index in [1.54, 1.807) is 12.1 Å². The Bertz CT molecular complexity index is 1170. The maximum atomic E-state index is 14.1. The molecule has 10 heteroatoms. The van der Waals surface area contributed by atoms with Gasteiger partial charge in [0.25, 0.3) is 0 Å². The smallest absolute Gasteiger partial charge is 0.432 e. The van der Waals surface area contributed by atoms with Gasteiger partial charge in [-0.25, -0.2) is 9.67 Å². The number of halogens is 5. The minimum atomic E-state index is -4.74. The lowest BCUT2D eigenvalue weighted by Gasteiger charge is -2.32. The minimum absolute atomic E-state index is 0.0714. The van der Waals surface area contributed by atoms with Crippen molar-refractivity contribution in [1.82, 2.24) is 14.8 Å². The molecule has 3 aromatic rings. The van der Waals surface area contributed by atoms with Crippen LogP contribution in [0.3, 0.4) is 0 Å². The molecule has 1 aliphatic heterocycles. The van der Waals surface area contributed by atoms with Crippen LogP contribution in [0.25, 0.3) is 11.3 Å². The van der Waals surface area contributed by atoms with Crippen LogP contribution in [0.4, 0.5) is 13.2 Å². The number of benzene rings is 2. The molecular formula is C20H11Cl2F3N4O. The van der Waals surface area contributed by atoms with Gasteiger partial charge in [-0.2, -0.15) is 23.5 Å². The van der Waals surface area contributed by atoms with Crippen molar-refractivity contribution in [2.75, 3.05) is 0 Å². The van der Waals surface area contributed by atoms with Crippen molar-refractivity contribution in [3.63, 3.8) is 0 Å². The normalized spacial score (nSPS) is 18.6. The predicted octanol–water partition coefficient (Wildman–Crippen LogP) is 5.66. The van der Waals surface area contributed by atoms with Crippen molar-refractivity contribution < 1.29 is 17.9 Å². The maximum Gasteiger partial charge on any atom is 0.432 e. The Hall–Kier alpha value is -3.02. The van der Waals surface area contributed by atoms with Crippen molar-refractivity contribution in [2.24, 2.45) is 0 Å². The number of aromatic nitrogens is 3. The van der Waals surface area contributed by atoms with Crippen LogP contribution in [0.2, 0.25) is 10.0 Å². The van der Waals surface area contributed by atoms with Gasteiger partial charge in [-0.05, 0) is 41.5 Å². The number of rotatable bonds is 3. The first-order valence-electron chi connectivity index (χ1n) is 8.53. The van der Waals surface area contributed by atoms with Gasteiger partial charge in [0.05, 0.1) is 17.5 Å². The lowest BCUT2D eigenvalue weighted by molar-refractivity contribution is -0.260. The molecule has 1 aromatic heterocycles. The summed E-state index contributed by atoms with van der Waals surface area (Å²) in [6.07, 6.45) is -1.44. The number of nitrogens with zero attached hydrogens (tertiary/aromatic N) is 4. The van der Waals surface area contributed by atoms with Gasteiger partial charge in [0.2, 0.25) is 5.60 Å². The van der Waals surface area contributed by atoms with E-state index in [1.807, 2.05) is 6.07 Å². The monoisotopic (exact) mass is 450 g/mol. The summed E-state index contributed by atoms with van der Waals surface area (Å²) in [6, 6.07) is 10.4. The van der Waals surface area contributed by atoms with Crippen LogP contribution in [-0.4, -0.2) is 20.9 Å². The quantitative estimate of drug-likeness (QED) is 0.515. The molecule has 0 aliphatic carbocycles. The lowest BCUT2D eigenvalue weighted by Crippen LogP contribution is -2.42. The van der Waals surface area contributed by atoms with E-state index in [2.05, 4.69) is 10.1 Å². The molecule has 0 saturated heterocycles. The average molecular weight is 451 g/mol. The fourth-order valence-corrected chi connectivity index (χ4v) is 3.86. The molecule has 152 valence electrons. The van der Waals surface area contributed by atoms with Crippen LogP contribution >= 0.6 is 23.2 Å². The fourth-order valence-electron chi connectivity index (χ4n) is 3.34. The maximum absolute atomic E-state index is 14.1. The van der Waals surface area contributed by atoms with E-state index < -0.39 is 18.2 Å². The van der Waals surface area contributed by atoms with E-state index in [0.29, 0.717) is 11.3 Å². The molecule has 5 nitrogen and oxygen atoms in total. The summed E-state index contributed by atoms with van der Waals surface area (Å²) in [5.41, 5.74) is -1.43. The van der Waals surface area contributed by atoms with E-state index in [1.165, 1.54) is 41.6 Å². The van der Waals surface area contributed by atoms with Crippen molar-refractivity contribution in [1.29, 1.82) is 5.26 Å². The van der Waals surface area contributed by atoms with Crippen LogP contribution in [-0.2, 0) is 10.3 Å². The Morgan fingerprint density at radius 3 is 2.47 bits per heavy atom. The molecule has 0 radical (unpaired) electrons. The van der Waals surface area contributed by atoms with Gasteiger partial charge in [0, 0.05) is 22.0 Å². The Balaban J connectivity index is 1.74. The van der Waals surface area contributed by atoms with Crippen molar-refractivity contribution in [3.05, 3.63) is 82.1 Å². The summed E-state index contributed by atoms with van der Waals surface area (Å²) in [4.78, 5) is 3.83. The zero-order valence-electron chi connectivity index (χ0n) is 15.0. The average Bonchev–Trinajstić information content (AvgIpc) is 3.37. The summed E-state index contributed by atoms with van der Waals surface area (Å²) in [6.45, 7) is 0. The van der Waals surface area contributed by atoms with E-state index in [-0.39, 0.29) is 26.7 Å². The standard InChI is InChI=1S/C20H11Cl2F3N4O/c21-16-4-15(5-17(22)6-16)19(20(23,24)25)7-14(9-30-19)12-1-2-18(13(3-12)8-26)29-11-27-10-28-29/h1-6,9-11H,7H2. The molecule has 2 heterocycles. The molecule has 1 atom stereocenters.